The highest BCUT2D eigenvalue weighted by molar-refractivity contribution is 7.99. The Morgan fingerprint density at radius 2 is 2.11 bits per heavy atom. The van der Waals surface area contributed by atoms with Crippen molar-refractivity contribution in [1.29, 1.82) is 0 Å². The van der Waals surface area contributed by atoms with Crippen LogP contribution in [0.2, 0.25) is 0 Å². The number of hydrogen-bond acceptors (Lipinski definition) is 4. The van der Waals surface area contributed by atoms with Crippen molar-refractivity contribution in [2.45, 2.75) is 37.1 Å². The molecule has 1 saturated heterocycles. The Labute approximate surface area is 172 Å². The SMILES string of the molecule is CCOC(=O)NC(CNC(=NC)N1CCC(CSc2ccccc2)C1)C1CC1. The standard InChI is InChI=1S/C21H32N4O2S/c1-3-27-21(26)24-19(17-9-10-17)13-23-20(22-2)25-12-11-16(14-25)15-28-18-7-5-4-6-8-18/h4-8,16-17,19H,3,9-15H2,1-2H3,(H,22,23)(H,24,26). The van der Waals surface area contributed by atoms with Crippen LogP contribution in [0.3, 0.4) is 0 Å². The molecule has 0 spiro atoms. The van der Waals surface area contributed by atoms with Gasteiger partial charge in [0.25, 0.3) is 0 Å². The minimum atomic E-state index is -0.324. The van der Waals surface area contributed by atoms with Crippen molar-refractivity contribution < 1.29 is 9.53 Å². The Balaban J connectivity index is 1.44. The fourth-order valence-corrected chi connectivity index (χ4v) is 4.63. The van der Waals surface area contributed by atoms with Crippen molar-refractivity contribution in [1.82, 2.24) is 15.5 Å². The maximum atomic E-state index is 11.8. The zero-order chi connectivity index (χ0) is 19.8. The van der Waals surface area contributed by atoms with Crippen LogP contribution in [0.25, 0.3) is 0 Å². The fourth-order valence-electron chi connectivity index (χ4n) is 3.58. The van der Waals surface area contributed by atoms with Gasteiger partial charge in [0.1, 0.15) is 0 Å². The minimum Gasteiger partial charge on any atom is -0.450 e. The summed E-state index contributed by atoms with van der Waals surface area (Å²) >= 11 is 1.93. The molecule has 1 saturated carbocycles. The van der Waals surface area contributed by atoms with Crippen LogP contribution in [-0.4, -0.2) is 62.0 Å². The molecule has 1 aromatic carbocycles. The van der Waals surface area contributed by atoms with Crippen LogP contribution in [0.5, 0.6) is 0 Å². The number of nitrogens with one attached hydrogen (secondary N) is 2. The highest BCUT2D eigenvalue weighted by Gasteiger charge is 2.33. The summed E-state index contributed by atoms with van der Waals surface area (Å²) in [6, 6.07) is 10.7. The lowest BCUT2D eigenvalue weighted by Gasteiger charge is -2.25. The number of thioether (sulfide) groups is 1. The molecule has 2 atom stereocenters. The maximum absolute atomic E-state index is 11.8. The number of carbonyl (C=O) groups excluding carboxylic acids is 1. The zero-order valence-corrected chi connectivity index (χ0v) is 17.7. The normalized spacial score (nSPS) is 20.7. The number of aliphatic imine (C=N–C) groups is 1. The quantitative estimate of drug-likeness (QED) is 0.396. The summed E-state index contributed by atoms with van der Waals surface area (Å²) < 4.78 is 5.04. The third-order valence-electron chi connectivity index (χ3n) is 5.28. The number of carbonyl (C=O) groups is 1. The van der Waals surface area contributed by atoms with Crippen molar-refractivity contribution in [3.05, 3.63) is 30.3 Å². The van der Waals surface area contributed by atoms with Crippen LogP contribution in [0.4, 0.5) is 4.79 Å². The minimum absolute atomic E-state index is 0.0998. The van der Waals surface area contributed by atoms with E-state index in [9.17, 15) is 4.79 Å². The lowest BCUT2D eigenvalue weighted by Crippen LogP contribution is -2.49. The molecule has 1 aromatic rings. The van der Waals surface area contributed by atoms with Crippen LogP contribution in [-0.2, 0) is 4.74 Å². The van der Waals surface area contributed by atoms with E-state index >= 15 is 0 Å². The molecule has 2 aliphatic rings. The van der Waals surface area contributed by atoms with E-state index in [0.717, 1.165) is 24.8 Å². The first-order chi connectivity index (χ1) is 13.7. The molecular weight excluding hydrogens is 372 g/mol. The van der Waals surface area contributed by atoms with Gasteiger partial charge in [-0.05, 0) is 50.2 Å². The number of guanidine groups is 1. The molecule has 0 aromatic heterocycles. The van der Waals surface area contributed by atoms with Gasteiger partial charge in [0, 0.05) is 37.3 Å². The number of benzene rings is 1. The van der Waals surface area contributed by atoms with Crippen molar-refractivity contribution in [2.24, 2.45) is 16.8 Å². The molecule has 1 aliphatic heterocycles. The molecule has 2 unspecified atom stereocenters. The Bertz CT molecular complexity index is 651. The van der Waals surface area contributed by atoms with Crippen LogP contribution in [0, 0.1) is 11.8 Å². The number of hydrogen-bond donors (Lipinski definition) is 2. The molecule has 6 nitrogen and oxygen atoms in total. The number of alkyl carbamates (subject to hydrolysis) is 1. The predicted molar refractivity (Wildman–Crippen MR) is 115 cm³/mol. The molecular formula is C21H32N4O2S. The maximum Gasteiger partial charge on any atom is 0.407 e. The molecule has 28 heavy (non-hydrogen) atoms. The molecule has 2 N–H and O–H groups in total. The molecule has 0 bridgehead atoms. The van der Waals surface area contributed by atoms with Crippen molar-refractivity contribution >= 4 is 23.8 Å². The van der Waals surface area contributed by atoms with Gasteiger partial charge in [-0.3, -0.25) is 4.99 Å². The average molecular weight is 405 g/mol. The first-order valence-corrected chi connectivity index (χ1v) is 11.2. The van der Waals surface area contributed by atoms with E-state index in [1.165, 1.54) is 24.2 Å². The van der Waals surface area contributed by atoms with E-state index in [4.69, 9.17) is 4.74 Å². The summed E-state index contributed by atoms with van der Waals surface area (Å²) in [6.45, 7) is 4.97. The number of nitrogens with zero attached hydrogens (tertiary/aromatic N) is 2. The molecule has 7 heteroatoms. The highest BCUT2D eigenvalue weighted by atomic mass is 32.2. The monoisotopic (exact) mass is 404 g/mol. The van der Waals surface area contributed by atoms with E-state index < -0.39 is 0 Å². The Morgan fingerprint density at radius 1 is 1.32 bits per heavy atom. The second-order valence-corrected chi connectivity index (χ2v) is 8.56. The lowest BCUT2D eigenvalue weighted by molar-refractivity contribution is 0.146. The fraction of sp³-hybridized carbons (Fsp3) is 0.619. The van der Waals surface area contributed by atoms with E-state index in [2.05, 4.69) is 50.9 Å². The summed E-state index contributed by atoms with van der Waals surface area (Å²) in [7, 11) is 1.83. The van der Waals surface area contributed by atoms with Gasteiger partial charge in [0.2, 0.25) is 0 Å². The van der Waals surface area contributed by atoms with Crippen molar-refractivity contribution in [3.8, 4) is 0 Å². The number of rotatable bonds is 8. The highest BCUT2D eigenvalue weighted by Crippen LogP contribution is 2.32. The third kappa shape index (κ3) is 6.33. The second-order valence-electron chi connectivity index (χ2n) is 7.46. The van der Waals surface area contributed by atoms with Gasteiger partial charge in [-0.15, -0.1) is 11.8 Å². The number of amides is 1. The van der Waals surface area contributed by atoms with E-state index in [1.807, 2.05) is 25.7 Å². The Hall–Kier alpha value is -1.89. The first kappa shape index (κ1) is 20.8. The van der Waals surface area contributed by atoms with Crippen LogP contribution in [0.1, 0.15) is 26.2 Å². The zero-order valence-electron chi connectivity index (χ0n) is 16.9. The lowest BCUT2D eigenvalue weighted by atomic mass is 10.2. The summed E-state index contributed by atoms with van der Waals surface area (Å²) in [5.41, 5.74) is 0. The Morgan fingerprint density at radius 3 is 2.79 bits per heavy atom. The van der Waals surface area contributed by atoms with Gasteiger partial charge in [0.05, 0.1) is 12.6 Å². The topological polar surface area (TPSA) is 66.0 Å². The first-order valence-electron chi connectivity index (χ1n) is 10.3. The largest absolute Gasteiger partial charge is 0.450 e. The molecule has 0 radical (unpaired) electrons. The third-order valence-corrected chi connectivity index (χ3v) is 6.52. The van der Waals surface area contributed by atoms with Gasteiger partial charge in [-0.1, -0.05) is 18.2 Å². The van der Waals surface area contributed by atoms with Crippen LogP contribution >= 0.6 is 11.8 Å². The predicted octanol–water partition coefficient (Wildman–Crippen LogP) is 3.20. The van der Waals surface area contributed by atoms with Gasteiger partial charge in [-0.2, -0.15) is 0 Å². The molecule has 3 rings (SSSR count). The number of likely N-dealkylation sites (tertiary alicyclic amines) is 1. The molecule has 1 amide bonds. The van der Waals surface area contributed by atoms with Gasteiger partial charge < -0.3 is 20.3 Å². The van der Waals surface area contributed by atoms with Crippen molar-refractivity contribution in [3.63, 3.8) is 0 Å². The van der Waals surface area contributed by atoms with Crippen LogP contribution < -0.4 is 10.6 Å². The Kier molecular flexibility index (Phi) is 7.89. The van der Waals surface area contributed by atoms with Gasteiger partial charge in [0.15, 0.2) is 5.96 Å². The smallest absolute Gasteiger partial charge is 0.407 e. The molecule has 2 fully saturated rings. The summed E-state index contributed by atoms with van der Waals surface area (Å²) in [5, 5.41) is 6.47. The molecule has 154 valence electrons. The molecule has 1 aliphatic carbocycles. The summed E-state index contributed by atoms with van der Waals surface area (Å²) in [6.07, 6.45) is 3.20. The average Bonchev–Trinajstić information content (AvgIpc) is 3.45. The van der Waals surface area contributed by atoms with Crippen LogP contribution in [0.15, 0.2) is 40.2 Å². The summed E-state index contributed by atoms with van der Waals surface area (Å²) in [5.74, 6) is 3.28. The van der Waals surface area contributed by atoms with Gasteiger partial charge in [-0.25, -0.2) is 4.79 Å². The number of ether oxygens (including phenoxy) is 1. The molecule has 1 heterocycles. The van der Waals surface area contributed by atoms with E-state index in [1.54, 1.807) is 0 Å². The second kappa shape index (κ2) is 10.6. The van der Waals surface area contributed by atoms with Crippen molar-refractivity contribution in [2.75, 3.05) is 39.0 Å². The van der Waals surface area contributed by atoms with Gasteiger partial charge >= 0.3 is 6.09 Å². The van der Waals surface area contributed by atoms with E-state index in [0.29, 0.717) is 25.0 Å². The van der Waals surface area contributed by atoms with E-state index in [-0.39, 0.29) is 12.1 Å². The summed E-state index contributed by atoms with van der Waals surface area (Å²) in [4.78, 5) is 19.9.